The molecule has 18 heavy (non-hydrogen) atoms. The van der Waals surface area contributed by atoms with Gasteiger partial charge in [-0.2, -0.15) is 0 Å². The number of aromatic nitrogens is 1. The molecule has 1 nitrogen and oxygen atoms in total. The highest BCUT2D eigenvalue weighted by Crippen LogP contribution is 2.37. The number of thiazole rings is 1. The molecule has 0 saturated heterocycles. The van der Waals surface area contributed by atoms with Crippen molar-refractivity contribution in [2.24, 2.45) is 0 Å². The second kappa shape index (κ2) is 4.54. The molecule has 0 unspecified atom stereocenters. The Balaban J connectivity index is 2.36. The molecule has 0 fully saturated rings. The fourth-order valence-corrected chi connectivity index (χ4v) is 3.25. The van der Waals surface area contributed by atoms with Crippen molar-refractivity contribution in [3.05, 3.63) is 51.5 Å². The number of benzene rings is 2. The molecule has 0 bridgehead atoms. The normalized spacial score (nSPS) is 11.1. The maximum atomic E-state index is 6.29. The Morgan fingerprint density at radius 3 is 2.72 bits per heavy atom. The van der Waals surface area contributed by atoms with E-state index in [0.29, 0.717) is 10.0 Å². The molecule has 90 valence electrons. The molecule has 0 spiro atoms. The van der Waals surface area contributed by atoms with Crippen LogP contribution in [0.4, 0.5) is 0 Å². The fourth-order valence-electron chi connectivity index (χ4n) is 2.06. The first-order valence-corrected chi connectivity index (χ1v) is 7.08. The number of halogens is 2. The van der Waals surface area contributed by atoms with Gasteiger partial charge in [0.2, 0.25) is 0 Å². The zero-order valence-electron chi connectivity index (χ0n) is 9.58. The number of hydrogen-bond donors (Lipinski definition) is 0. The minimum atomic E-state index is 0.645. The summed E-state index contributed by atoms with van der Waals surface area (Å²) in [7, 11) is 0. The molecule has 0 aliphatic carbocycles. The van der Waals surface area contributed by atoms with Crippen molar-refractivity contribution in [1.29, 1.82) is 0 Å². The summed E-state index contributed by atoms with van der Waals surface area (Å²) in [5.41, 5.74) is 6.10. The van der Waals surface area contributed by atoms with Crippen molar-refractivity contribution in [3.8, 4) is 11.1 Å². The van der Waals surface area contributed by atoms with Crippen LogP contribution in [0.15, 0.2) is 35.8 Å². The molecular weight excluding hydrogens is 285 g/mol. The van der Waals surface area contributed by atoms with Crippen LogP contribution >= 0.6 is 34.5 Å². The summed E-state index contributed by atoms with van der Waals surface area (Å²) in [6.07, 6.45) is 0. The molecule has 1 heterocycles. The van der Waals surface area contributed by atoms with Crippen molar-refractivity contribution < 1.29 is 0 Å². The van der Waals surface area contributed by atoms with Gasteiger partial charge in [-0.25, -0.2) is 4.98 Å². The highest BCUT2D eigenvalue weighted by molar-refractivity contribution is 7.16. The van der Waals surface area contributed by atoms with Gasteiger partial charge in [0.15, 0.2) is 0 Å². The van der Waals surface area contributed by atoms with Crippen LogP contribution < -0.4 is 0 Å². The first kappa shape index (κ1) is 12.0. The van der Waals surface area contributed by atoms with E-state index in [1.807, 2.05) is 17.6 Å². The number of rotatable bonds is 1. The molecule has 0 aliphatic rings. The second-order valence-electron chi connectivity index (χ2n) is 4.08. The van der Waals surface area contributed by atoms with E-state index < -0.39 is 0 Å². The van der Waals surface area contributed by atoms with Crippen molar-refractivity contribution in [2.75, 3.05) is 0 Å². The van der Waals surface area contributed by atoms with Gasteiger partial charge in [-0.05, 0) is 30.7 Å². The van der Waals surface area contributed by atoms with Gasteiger partial charge in [-0.15, -0.1) is 11.3 Å². The van der Waals surface area contributed by atoms with E-state index in [1.165, 1.54) is 4.70 Å². The topological polar surface area (TPSA) is 12.9 Å². The van der Waals surface area contributed by atoms with Crippen molar-refractivity contribution >= 4 is 44.8 Å². The maximum absolute atomic E-state index is 6.29. The number of aryl methyl sites for hydroxylation is 1. The average molecular weight is 294 g/mol. The summed E-state index contributed by atoms with van der Waals surface area (Å²) in [5, 5.41) is 1.30. The Kier molecular flexibility index (Phi) is 3.02. The molecule has 0 N–H and O–H groups in total. The Morgan fingerprint density at radius 2 is 1.94 bits per heavy atom. The Hall–Kier alpha value is -1.09. The van der Waals surface area contributed by atoms with Crippen LogP contribution in [0, 0.1) is 6.92 Å². The van der Waals surface area contributed by atoms with E-state index in [9.17, 15) is 0 Å². The van der Waals surface area contributed by atoms with Crippen LogP contribution in [-0.4, -0.2) is 4.98 Å². The van der Waals surface area contributed by atoms with Gasteiger partial charge in [0.25, 0.3) is 0 Å². The summed E-state index contributed by atoms with van der Waals surface area (Å²) in [6.45, 7) is 2.07. The second-order valence-corrected chi connectivity index (χ2v) is 5.81. The highest BCUT2D eigenvalue weighted by Gasteiger charge is 2.12. The van der Waals surface area contributed by atoms with Gasteiger partial charge in [-0.3, -0.25) is 0 Å². The number of fused-ring (bicyclic) bond motifs is 1. The van der Waals surface area contributed by atoms with Crippen LogP contribution in [0.25, 0.3) is 21.3 Å². The number of nitrogens with zero attached hydrogens (tertiary/aromatic N) is 1. The minimum Gasteiger partial charge on any atom is -0.244 e. The molecule has 0 radical (unpaired) electrons. The van der Waals surface area contributed by atoms with Crippen LogP contribution in [0.5, 0.6) is 0 Å². The summed E-state index contributed by atoms with van der Waals surface area (Å²) in [4.78, 5) is 4.45. The van der Waals surface area contributed by atoms with Gasteiger partial charge in [-0.1, -0.05) is 35.3 Å². The molecule has 0 atom stereocenters. The third kappa shape index (κ3) is 1.91. The quantitative estimate of drug-likeness (QED) is 0.571. The standard InChI is InChI=1S/C14H9Cl2NS/c1-8-2-5-12-14(17-7-18-12)13(8)10-4-3-9(15)6-11(10)16/h2-7H,1H3. The maximum Gasteiger partial charge on any atom is 0.0893 e. The molecule has 3 rings (SSSR count). The Labute approximate surface area is 119 Å². The van der Waals surface area contributed by atoms with E-state index in [2.05, 4.69) is 24.0 Å². The van der Waals surface area contributed by atoms with E-state index >= 15 is 0 Å². The summed E-state index contributed by atoms with van der Waals surface area (Å²) < 4.78 is 1.17. The van der Waals surface area contributed by atoms with Gasteiger partial charge >= 0.3 is 0 Å². The van der Waals surface area contributed by atoms with Crippen molar-refractivity contribution in [1.82, 2.24) is 4.98 Å². The fraction of sp³-hybridized carbons (Fsp3) is 0.0714. The lowest BCUT2D eigenvalue weighted by atomic mass is 9.99. The molecule has 3 aromatic rings. The zero-order chi connectivity index (χ0) is 12.7. The predicted octanol–water partition coefficient (Wildman–Crippen LogP) is 5.58. The third-order valence-electron chi connectivity index (χ3n) is 2.91. The predicted molar refractivity (Wildman–Crippen MR) is 79.8 cm³/mol. The van der Waals surface area contributed by atoms with Crippen LogP contribution in [0.3, 0.4) is 0 Å². The lowest BCUT2D eigenvalue weighted by molar-refractivity contribution is 1.44. The molecule has 4 heteroatoms. The largest absolute Gasteiger partial charge is 0.244 e. The van der Waals surface area contributed by atoms with Gasteiger partial charge < -0.3 is 0 Å². The Bertz CT molecular complexity index is 734. The monoisotopic (exact) mass is 293 g/mol. The van der Waals surface area contributed by atoms with Gasteiger partial charge in [0.05, 0.1) is 15.7 Å². The molecule has 0 amide bonds. The lowest BCUT2D eigenvalue weighted by Crippen LogP contribution is -1.86. The highest BCUT2D eigenvalue weighted by atomic mass is 35.5. The van der Waals surface area contributed by atoms with E-state index in [1.54, 1.807) is 17.4 Å². The van der Waals surface area contributed by atoms with Gasteiger partial charge in [0.1, 0.15) is 0 Å². The molecule has 0 aliphatic heterocycles. The van der Waals surface area contributed by atoms with Crippen molar-refractivity contribution in [2.45, 2.75) is 6.92 Å². The van der Waals surface area contributed by atoms with E-state index in [0.717, 1.165) is 22.2 Å². The average Bonchev–Trinajstić information content (AvgIpc) is 2.79. The first-order chi connectivity index (χ1) is 8.66. The third-order valence-corrected chi connectivity index (χ3v) is 4.25. The summed E-state index contributed by atoms with van der Waals surface area (Å²) in [5.74, 6) is 0. The summed E-state index contributed by atoms with van der Waals surface area (Å²) in [6, 6.07) is 9.76. The molecule has 1 aromatic heterocycles. The molecular formula is C14H9Cl2NS. The Morgan fingerprint density at radius 1 is 1.11 bits per heavy atom. The minimum absolute atomic E-state index is 0.645. The molecule has 2 aromatic carbocycles. The van der Waals surface area contributed by atoms with Crippen LogP contribution in [-0.2, 0) is 0 Å². The van der Waals surface area contributed by atoms with E-state index in [4.69, 9.17) is 23.2 Å². The SMILES string of the molecule is Cc1ccc2scnc2c1-c1ccc(Cl)cc1Cl. The van der Waals surface area contributed by atoms with E-state index in [-0.39, 0.29) is 0 Å². The van der Waals surface area contributed by atoms with Gasteiger partial charge in [0, 0.05) is 21.2 Å². The first-order valence-electron chi connectivity index (χ1n) is 5.45. The lowest BCUT2D eigenvalue weighted by Gasteiger charge is -2.09. The van der Waals surface area contributed by atoms with Crippen molar-refractivity contribution in [3.63, 3.8) is 0 Å². The smallest absolute Gasteiger partial charge is 0.0893 e. The number of hydrogen-bond acceptors (Lipinski definition) is 2. The van der Waals surface area contributed by atoms with Crippen LogP contribution in [0.1, 0.15) is 5.56 Å². The summed E-state index contributed by atoms with van der Waals surface area (Å²) >= 11 is 13.9. The zero-order valence-corrected chi connectivity index (χ0v) is 11.9. The van der Waals surface area contributed by atoms with Crippen LogP contribution in [0.2, 0.25) is 10.0 Å². The molecule has 0 saturated carbocycles.